The molecule has 1 aromatic carbocycles. The van der Waals surface area contributed by atoms with Gasteiger partial charge in [-0.2, -0.15) is 0 Å². The van der Waals surface area contributed by atoms with E-state index in [0.29, 0.717) is 20.7 Å². The van der Waals surface area contributed by atoms with E-state index in [1.165, 1.54) is 31.2 Å². The lowest BCUT2D eigenvalue weighted by Gasteiger charge is -2.04. The third-order valence-corrected chi connectivity index (χ3v) is 3.96. The van der Waals surface area contributed by atoms with E-state index in [1.54, 1.807) is 0 Å². The van der Waals surface area contributed by atoms with E-state index in [4.69, 9.17) is 27.9 Å². The largest absolute Gasteiger partial charge is 0.440 e. The molecule has 5 nitrogen and oxygen atoms in total. The van der Waals surface area contributed by atoms with Crippen molar-refractivity contribution in [2.75, 3.05) is 0 Å². The minimum absolute atomic E-state index is 0.0734. The van der Waals surface area contributed by atoms with E-state index < -0.39 is 11.0 Å². The Morgan fingerprint density at radius 2 is 1.90 bits per heavy atom. The predicted octanol–water partition coefficient (Wildman–Crippen LogP) is 4.81. The fourth-order valence-corrected chi connectivity index (χ4v) is 2.92. The first-order valence-electron chi connectivity index (χ1n) is 5.47. The summed E-state index contributed by atoms with van der Waals surface area (Å²) in [6.45, 7) is 1.52. The molecular weight excluding hydrogens is 325 g/mol. The zero-order chi connectivity index (χ0) is 14.9. The molecule has 2 aromatic rings. The quantitative estimate of drug-likeness (QED) is 0.643. The van der Waals surface area contributed by atoms with Crippen molar-refractivity contribution in [1.82, 2.24) is 0 Å². The van der Waals surface area contributed by atoms with Gasteiger partial charge in [0.1, 0.15) is 5.75 Å². The molecule has 0 radical (unpaired) electrons. The van der Waals surface area contributed by atoms with Crippen LogP contribution < -0.4 is 4.74 Å². The third kappa shape index (κ3) is 3.40. The van der Waals surface area contributed by atoms with Crippen LogP contribution in [0.1, 0.15) is 17.9 Å². The van der Waals surface area contributed by atoms with Gasteiger partial charge in [0.25, 0.3) is 5.06 Å². The smallest absolute Gasteiger partial charge is 0.323 e. The molecule has 0 spiro atoms. The topological polar surface area (TPSA) is 72.6 Å². The lowest BCUT2D eigenvalue weighted by molar-refractivity contribution is -0.385. The molecule has 0 saturated carbocycles. The highest BCUT2D eigenvalue weighted by molar-refractivity contribution is 7.14. The monoisotopic (exact) mass is 333 g/mol. The summed E-state index contributed by atoms with van der Waals surface area (Å²) in [7, 11) is 0. The number of thiophene rings is 1. The van der Waals surface area contributed by atoms with E-state index >= 15 is 0 Å². The zero-order valence-electron chi connectivity index (χ0n) is 10.2. The summed E-state index contributed by atoms with van der Waals surface area (Å²) in [4.78, 5) is 10.9. The highest BCUT2D eigenvalue weighted by Crippen LogP contribution is 2.42. The first-order valence-corrected chi connectivity index (χ1v) is 7.04. The number of aliphatic hydroxyl groups excluding tert-OH is 1. The average Bonchev–Trinajstić information content (AvgIpc) is 2.71. The number of nitrogens with zero attached hydrogens (tertiary/aromatic N) is 1. The molecular formula is C12H9Cl2NO4S. The van der Waals surface area contributed by atoms with Crippen molar-refractivity contribution in [2.45, 2.75) is 13.0 Å². The number of benzene rings is 1. The van der Waals surface area contributed by atoms with Crippen LogP contribution in [0.5, 0.6) is 10.8 Å². The second-order valence-corrected chi connectivity index (χ2v) is 5.88. The zero-order valence-corrected chi connectivity index (χ0v) is 12.5. The summed E-state index contributed by atoms with van der Waals surface area (Å²) in [5.41, 5.74) is -0.206. The molecule has 0 aliphatic carbocycles. The van der Waals surface area contributed by atoms with Gasteiger partial charge in [0, 0.05) is 21.0 Å². The Labute approximate surface area is 128 Å². The maximum atomic E-state index is 11.0. The van der Waals surface area contributed by atoms with E-state index in [1.807, 2.05) is 0 Å². The van der Waals surface area contributed by atoms with Gasteiger partial charge in [-0.05, 0) is 25.1 Å². The van der Waals surface area contributed by atoms with Crippen LogP contribution in [0, 0.1) is 10.1 Å². The lowest BCUT2D eigenvalue weighted by atomic mass is 10.3. The minimum Gasteiger partial charge on any atom is -0.440 e. The van der Waals surface area contributed by atoms with Crippen LogP contribution in [0.3, 0.4) is 0 Å². The highest BCUT2D eigenvalue weighted by atomic mass is 35.5. The van der Waals surface area contributed by atoms with Crippen molar-refractivity contribution in [1.29, 1.82) is 0 Å². The maximum Gasteiger partial charge on any atom is 0.323 e. The third-order valence-electron chi connectivity index (χ3n) is 2.35. The molecule has 2 rings (SSSR count). The second-order valence-electron chi connectivity index (χ2n) is 3.96. The van der Waals surface area contributed by atoms with Gasteiger partial charge in [-0.3, -0.25) is 10.1 Å². The van der Waals surface area contributed by atoms with Crippen LogP contribution in [-0.2, 0) is 0 Å². The van der Waals surface area contributed by atoms with Gasteiger partial charge in [0.2, 0.25) is 0 Å². The Kier molecular flexibility index (Phi) is 4.49. The molecule has 1 atom stereocenters. The molecule has 0 aliphatic heterocycles. The molecule has 0 aliphatic rings. The minimum atomic E-state index is -0.806. The van der Waals surface area contributed by atoms with Gasteiger partial charge in [-0.15, -0.1) is 0 Å². The van der Waals surface area contributed by atoms with Crippen LogP contribution in [0.4, 0.5) is 5.69 Å². The van der Waals surface area contributed by atoms with Crippen molar-refractivity contribution >= 4 is 40.2 Å². The molecule has 20 heavy (non-hydrogen) atoms. The predicted molar refractivity (Wildman–Crippen MR) is 78.1 cm³/mol. The Morgan fingerprint density at radius 3 is 2.40 bits per heavy atom. The summed E-state index contributed by atoms with van der Waals surface area (Å²) in [5, 5.41) is 21.3. The van der Waals surface area contributed by atoms with Crippen LogP contribution in [0.2, 0.25) is 10.0 Å². The molecule has 0 unspecified atom stereocenters. The van der Waals surface area contributed by atoms with Crippen molar-refractivity contribution in [3.05, 3.63) is 49.3 Å². The molecule has 1 N–H and O–H groups in total. The molecule has 1 aromatic heterocycles. The summed E-state index contributed by atoms with van der Waals surface area (Å²) in [6.07, 6.45) is -0.806. The molecule has 0 saturated heterocycles. The Hall–Kier alpha value is -1.34. The summed E-state index contributed by atoms with van der Waals surface area (Å²) in [6, 6.07) is 5.81. The average molecular weight is 334 g/mol. The summed E-state index contributed by atoms with van der Waals surface area (Å²) >= 11 is 12.7. The van der Waals surface area contributed by atoms with E-state index in [0.717, 1.165) is 11.3 Å². The number of hydrogen-bond donors (Lipinski definition) is 1. The van der Waals surface area contributed by atoms with E-state index in [9.17, 15) is 15.2 Å². The first-order chi connectivity index (χ1) is 9.36. The fraction of sp³-hybridized carbons (Fsp3) is 0.167. The highest BCUT2D eigenvalue weighted by Gasteiger charge is 2.23. The van der Waals surface area contributed by atoms with Crippen molar-refractivity contribution in [3.8, 4) is 10.8 Å². The van der Waals surface area contributed by atoms with Gasteiger partial charge < -0.3 is 9.84 Å². The number of aliphatic hydroxyl groups is 1. The Balaban J connectivity index is 2.39. The first kappa shape index (κ1) is 15.1. The van der Waals surface area contributed by atoms with Gasteiger partial charge in [0.15, 0.2) is 0 Å². The fourth-order valence-electron chi connectivity index (χ4n) is 1.48. The van der Waals surface area contributed by atoms with E-state index in [-0.39, 0.29) is 10.8 Å². The SMILES string of the molecule is C[C@H](O)c1cc([N+](=O)[O-])c(Oc2cc(Cl)cc(Cl)c2)s1. The van der Waals surface area contributed by atoms with Gasteiger partial charge >= 0.3 is 5.69 Å². The number of ether oxygens (including phenoxy) is 1. The normalized spacial score (nSPS) is 12.2. The molecule has 1 heterocycles. The summed E-state index contributed by atoms with van der Waals surface area (Å²) < 4.78 is 5.46. The van der Waals surface area contributed by atoms with Gasteiger partial charge in [-0.1, -0.05) is 34.5 Å². The van der Waals surface area contributed by atoms with Crippen molar-refractivity contribution in [2.24, 2.45) is 0 Å². The van der Waals surface area contributed by atoms with Crippen LogP contribution >= 0.6 is 34.5 Å². The van der Waals surface area contributed by atoms with Gasteiger partial charge in [0.05, 0.1) is 11.0 Å². The lowest BCUT2D eigenvalue weighted by Crippen LogP contribution is -1.89. The maximum absolute atomic E-state index is 11.0. The Bertz CT molecular complexity index is 637. The second kappa shape index (κ2) is 5.97. The molecule has 0 amide bonds. The van der Waals surface area contributed by atoms with Crippen LogP contribution in [0.25, 0.3) is 0 Å². The van der Waals surface area contributed by atoms with Crippen LogP contribution in [-0.4, -0.2) is 10.0 Å². The Morgan fingerprint density at radius 1 is 1.30 bits per heavy atom. The standard InChI is InChI=1S/C12H9Cl2NO4S/c1-6(16)11-5-10(15(17)18)12(20-11)19-9-3-7(13)2-8(14)4-9/h2-6,16H,1H3/t6-/m0/s1. The summed E-state index contributed by atoms with van der Waals surface area (Å²) in [5.74, 6) is 0.296. The number of halogens is 2. The number of rotatable bonds is 4. The van der Waals surface area contributed by atoms with Crippen LogP contribution in [0.15, 0.2) is 24.3 Å². The van der Waals surface area contributed by atoms with Crippen molar-refractivity contribution < 1.29 is 14.8 Å². The molecule has 0 fully saturated rings. The number of nitro groups is 1. The molecule has 0 bridgehead atoms. The molecule has 8 heteroatoms. The number of hydrogen-bond acceptors (Lipinski definition) is 5. The van der Waals surface area contributed by atoms with E-state index in [2.05, 4.69) is 0 Å². The van der Waals surface area contributed by atoms with Gasteiger partial charge in [-0.25, -0.2) is 0 Å². The van der Waals surface area contributed by atoms with Crippen molar-refractivity contribution in [3.63, 3.8) is 0 Å². The molecule has 106 valence electrons.